The molecule has 0 saturated carbocycles. The summed E-state index contributed by atoms with van der Waals surface area (Å²) in [6.07, 6.45) is 0. The van der Waals surface area contributed by atoms with Crippen molar-refractivity contribution in [1.29, 1.82) is 0 Å². The van der Waals surface area contributed by atoms with E-state index >= 15 is 0 Å². The number of amides is 1. The Morgan fingerprint density at radius 1 is 1.21 bits per heavy atom. The highest BCUT2D eigenvalue weighted by atomic mass is 35.5. The Bertz CT molecular complexity index is 963. The lowest BCUT2D eigenvalue weighted by Crippen LogP contribution is -2.23. The van der Waals surface area contributed by atoms with E-state index in [0.29, 0.717) is 32.5 Å². The number of aryl methyl sites for hydroxylation is 1. The van der Waals surface area contributed by atoms with Crippen LogP contribution < -0.4 is 10.1 Å². The van der Waals surface area contributed by atoms with Gasteiger partial charge in [-0.25, -0.2) is 4.98 Å². The zero-order chi connectivity index (χ0) is 20.1. The van der Waals surface area contributed by atoms with Gasteiger partial charge >= 0.3 is 0 Å². The van der Waals surface area contributed by atoms with E-state index in [2.05, 4.69) is 20.5 Å². The maximum atomic E-state index is 12.4. The molecule has 9 heteroatoms. The third kappa shape index (κ3) is 5.64. The normalized spacial score (nSPS) is 11.9. The molecule has 1 unspecified atom stereocenters. The van der Waals surface area contributed by atoms with Crippen molar-refractivity contribution >= 4 is 46.6 Å². The predicted octanol–water partition coefficient (Wildman–Crippen LogP) is 5.12. The molecule has 0 fully saturated rings. The minimum absolute atomic E-state index is 0.154. The summed E-state index contributed by atoms with van der Waals surface area (Å²) in [6, 6.07) is 12.4. The molecule has 146 valence electrons. The summed E-state index contributed by atoms with van der Waals surface area (Å²) in [7, 11) is 0. The van der Waals surface area contributed by atoms with E-state index in [0.717, 1.165) is 5.56 Å². The monoisotopic (exact) mass is 436 g/mol. The topological polar surface area (TPSA) is 79.9 Å². The third-order valence-corrected chi connectivity index (χ3v) is 5.26. The lowest BCUT2D eigenvalue weighted by molar-refractivity contribution is -0.115. The lowest BCUT2D eigenvalue weighted by Gasteiger charge is -2.12. The summed E-state index contributed by atoms with van der Waals surface area (Å²) in [5.74, 6) is 1.09. The number of ether oxygens (including phenoxy) is 1. The van der Waals surface area contributed by atoms with Crippen LogP contribution in [0.3, 0.4) is 0 Å². The molecule has 1 amide bonds. The molecular formula is C19H18Cl2N4O2S. The molecule has 3 rings (SSSR count). The number of anilines is 1. The number of carbonyl (C=O) groups is 1. The summed E-state index contributed by atoms with van der Waals surface area (Å²) in [6.45, 7) is 3.93. The fraction of sp³-hybridized carbons (Fsp3) is 0.211. The fourth-order valence-electron chi connectivity index (χ4n) is 2.25. The van der Waals surface area contributed by atoms with Crippen LogP contribution in [0.25, 0.3) is 0 Å². The van der Waals surface area contributed by atoms with Gasteiger partial charge in [0.2, 0.25) is 11.1 Å². The zero-order valence-corrected chi connectivity index (χ0v) is 17.5. The highest BCUT2D eigenvalue weighted by Crippen LogP contribution is 2.24. The van der Waals surface area contributed by atoms with Crippen molar-refractivity contribution in [3.8, 4) is 5.75 Å². The van der Waals surface area contributed by atoms with Gasteiger partial charge in [0, 0.05) is 15.7 Å². The number of hydrogen-bond acceptors (Lipinski definition) is 5. The fourth-order valence-corrected chi connectivity index (χ4v) is 3.29. The largest absolute Gasteiger partial charge is 0.486 e. The summed E-state index contributed by atoms with van der Waals surface area (Å²) >= 11 is 13.1. The van der Waals surface area contributed by atoms with E-state index in [9.17, 15) is 4.79 Å². The molecule has 0 saturated heterocycles. The smallest absolute Gasteiger partial charge is 0.237 e. The molecule has 0 spiro atoms. The Kier molecular flexibility index (Phi) is 6.83. The van der Waals surface area contributed by atoms with Crippen LogP contribution in [-0.2, 0) is 11.4 Å². The van der Waals surface area contributed by atoms with Gasteiger partial charge in [0.05, 0.1) is 5.25 Å². The Balaban J connectivity index is 1.54. The van der Waals surface area contributed by atoms with Crippen LogP contribution in [0, 0.1) is 6.92 Å². The van der Waals surface area contributed by atoms with Crippen molar-refractivity contribution in [3.05, 3.63) is 63.9 Å². The summed E-state index contributed by atoms with van der Waals surface area (Å²) in [5, 5.41) is 11.1. The van der Waals surface area contributed by atoms with Crippen molar-refractivity contribution < 1.29 is 9.53 Å². The van der Waals surface area contributed by atoms with E-state index in [1.165, 1.54) is 11.8 Å². The van der Waals surface area contributed by atoms with Crippen molar-refractivity contribution in [3.63, 3.8) is 0 Å². The lowest BCUT2D eigenvalue weighted by atomic mass is 10.2. The van der Waals surface area contributed by atoms with E-state index in [1.807, 2.05) is 13.0 Å². The first-order valence-electron chi connectivity index (χ1n) is 8.44. The van der Waals surface area contributed by atoms with Crippen LogP contribution in [0.1, 0.15) is 18.3 Å². The molecule has 6 nitrogen and oxygen atoms in total. The molecule has 0 aliphatic rings. The highest BCUT2D eigenvalue weighted by molar-refractivity contribution is 8.00. The van der Waals surface area contributed by atoms with Gasteiger partial charge in [-0.3, -0.25) is 9.89 Å². The highest BCUT2D eigenvalue weighted by Gasteiger charge is 2.18. The number of nitrogens with one attached hydrogen (secondary N) is 2. The van der Waals surface area contributed by atoms with Crippen molar-refractivity contribution in [2.24, 2.45) is 0 Å². The Morgan fingerprint density at radius 2 is 1.93 bits per heavy atom. The number of thioether (sulfide) groups is 1. The number of carbonyl (C=O) groups excluding carboxylic acids is 1. The van der Waals surface area contributed by atoms with Crippen LogP contribution in [0.15, 0.2) is 47.6 Å². The molecule has 0 aliphatic heterocycles. The Hall–Kier alpha value is -2.22. The molecule has 28 heavy (non-hydrogen) atoms. The van der Waals surface area contributed by atoms with Gasteiger partial charge in [0.15, 0.2) is 5.82 Å². The number of aromatic amines is 1. The van der Waals surface area contributed by atoms with Crippen LogP contribution in [-0.4, -0.2) is 26.3 Å². The molecule has 2 N–H and O–H groups in total. The molecule has 2 aromatic carbocycles. The summed E-state index contributed by atoms with van der Waals surface area (Å²) < 4.78 is 5.62. The minimum Gasteiger partial charge on any atom is -0.486 e. The number of nitrogens with zero attached hydrogens (tertiary/aromatic N) is 2. The average molecular weight is 437 g/mol. The van der Waals surface area contributed by atoms with Gasteiger partial charge in [-0.2, -0.15) is 0 Å². The average Bonchev–Trinajstić information content (AvgIpc) is 3.11. The first kappa shape index (κ1) is 20.5. The number of rotatable bonds is 7. The van der Waals surface area contributed by atoms with E-state index in [1.54, 1.807) is 43.3 Å². The standard InChI is InChI=1S/C19H18Cl2N4O2S/c1-11-3-4-14(21)9-16(11)22-18(26)12(2)28-19-23-17(24-25-19)10-27-15-7-5-13(20)6-8-15/h3-9,12H,10H2,1-2H3,(H,22,26)(H,23,24,25). The van der Waals surface area contributed by atoms with E-state index < -0.39 is 0 Å². The van der Waals surface area contributed by atoms with Gasteiger partial charge in [0.25, 0.3) is 0 Å². The number of halogens is 2. The molecule has 0 aliphatic carbocycles. The van der Waals surface area contributed by atoms with Crippen molar-refractivity contribution in [1.82, 2.24) is 15.2 Å². The van der Waals surface area contributed by atoms with Gasteiger partial charge in [-0.1, -0.05) is 41.0 Å². The van der Waals surface area contributed by atoms with Crippen LogP contribution in [0.4, 0.5) is 5.69 Å². The van der Waals surface area contributed by atoms with E-state index in [-0.39, 0.29) is 17.8 Å². The van der Waals surface area contributed by atoms with Gasteiger partial charge in [0.1, 0.15) is 12.4 Å². The van der Waals surface area contributed by atoms with Gasteiger partial charge in [-0.15, -0.1) is 5.10 Å². The minimum atomic E-state index is -0.390. The quantitative estimate of drug-likeness (QED) is 0.502. The second-order valence-electron chi connectivity index (χ2n) is 6.02. The van der Waals surface area contributed by atoms with Gasteiger partial charge in [-0.05, 0) is 55.8 Å². The van der Waals surface area contributed by atoms with Crippen LogP contribution >= 0.6 is 35.0 Å². The number of benzene rings is 2. The number of hydrogen-bond donors (Lipinski definition) is 2. The van der Waals surface area contributed by atoms with Crippen molar-refractivity contribution in [2.45, 2.75) is 30.9 Å². The van der Waals surface area contributed by atoms with E-state index in [4.69, 9.17) is 27.9 Å². The maximum Gasteiger partial charge on any atom is 0.237 e. The molecule has 1 heterocycles. The first-order chi connectivity index (χ1) is 13.4. The first-order valence-corrected chi connectivity index (χ1v) is 10.1. The second kappa shape index (κ2) is 9.32. The zero-order valence-electron chi connectivity index (χ0n) is 15.2. The molecule has 1 aromatic heterocycles. The SMILES string of the molecule is Cc1ccc(Cl)cc1NC(=O)C(C)Sc1n[nH]c(COc2ccc(Cl)cc2)n1. The summed E-state index contributed by atoms with van der Waals surface area (Å²) in [5.41, 5.74) is 1.63. The molecule has 0 radical (unpaired) electrons. The van der Waals surface area contributed by atoms with Crippen LogP contribution in [0.2, 0.25) is 10.0 Å². The van der Waals surface area contributed by atoms with Gasteiger partial charge < -0.3 is 10.1 Å². The number of H-pyrrole nitrogens is 1. The predicted molar refractivity (Wildman–Crippen MR) is 112 cm³/mol. The van der Waals surface area contributed by atoms with Crippen molar-refractivity contribution in [2.75, 3.05) is 5.32 Å². The Morgan fingerprint density at radius 3 is 2.68 bits per heavy atom. The number of aromatic nitrogens is 3. The van der Waals surface area contributed by atoms with Crippen LogP contribution in [0.5, 0.6) is 5.75 Å². The summed E-state index contributed by atoms with van der Waals surface area (Å²) in [4.78, 5) is 16.8. The maximum absolute atomic E-state index is 12.4. The molecule has 1 atom stereocenters. The molecule has 0 bridgehead atoms. The Labute approximate surface area is 177 Å². The second-order valence-corrected chi connectivity index (χ2v) is 8.20. The molecular weight excluding hydrogens is 419 g/mol. The third-order valence-electron chi connectivity index (χ3n) is 3.81. The molecule has 3 aromatic rings.